The first-order valence-corrected chi connectivity index (χ1v) is 9.12. The van der Waals surface area contributed by atoms with Crippen LogP contribution in [0.5, 0.6) is 0 Å². The number of benzene rings is 1. The maximum Gasteiger partial charge on any atom is 0.234 e. The summed E-state index contributed by atoms with van der Waals surface area (Å²) in [6, 6.07) is 6.90. The zero-order valence-corrected chi connectivity index (χ0v) is 14.4. The van der Waals surface area contributed by atoms with Gasteiger partial charge in [0.25, 0.3) is 0 Å². The molecule has 2 unspecified atom stereocenters. The molecule has 0 spiro atoms. The summed E-state index contributed by atoms with van der Waals surface area (Å²) in [6.07, 6.45) is 4.96. The van der Waals surface area contributed by atoms with Gasteiger partial charge in [0.2, 0.25) is 5.91 Å². The lowest BCUT2D eigenvalue weighted by Gasteiger charge is -2.34. The average Bonchev–Trinajstić information content (AvgIpc) is 3.10. The molecule has 1 aromatic carbocycles. The molecular formula is C19H28FN3O. The molecular weight excluding hydrogens is 305 g/mol. The van der Waals surface area contributed by atoms with Crippen LogP contribution in [-0.2, 0) is 4.79 Å². The summed E-state index contributed by atoms with van der Waals surface area (Å²) in [4.78, 5) is 14.5. The van der Waals surface area contributed by atoms with Crippen molar-refractivity contribution < 1.29 is 9.18 Å². The van der Waals surface area contributed by atoms with Crippen LogP contribution in [0.15, 0.2) is 24.3 Å². The van der Waals surface area contributed by atoms with Crippen LogP contribution < -0.4 is 10.6 Å². The van der Waals surface area contributed by atoms with E-state index in [1.165, 1.54) is 37.8 Å². The third-order valence-corrected chi connectivity index (χ3v) is 5.41. The lowest BCUT2D eigenvalue weighted by atomic mass is 9.88. The Morgan fingerprint density at radius 1 is 1.29 bits per heavy atom. The van der Waals surface area contributed by atoms with E-state index in [0.717, 1.165) is 31.1 Å². The van der Waals surface area contributed by atoms with Crippen molar-refractivity contribution in [3.63, 3.8) is 0 Å². The van der Waals surface area contributed by atoms with E-state index in [1.807, 2.05) is 6.92 Å². The van der Waals surface area contributed by atoms with E-state index < -0.39 is 0 Å². The minimum Gasteiger partial charge on any atom is -0.348 e. The SMILES string of the molecule is CC(NC(=O)CN1CCC(C2CCCN2)CC1)c1ccc(F)cc1. The third-order valence-electron chi connectivity index (χ3n) is 5.41. The molecule has 0 bridgehead atoms. The van der Waals surface area contributed by atoms with Crippen LogP contribution >= 0.6 is 0 Å². The quantitative estimate of drug-likeness (QED) is 0.870. The van der Waals surface area contributed by atoms with Gasteiger partial charge in [0, 0.05) is 6.04 Å². The molecule has 2 atom stereocenters. The predicted molar refractivity (Wildman–Crippen MR) is 93.1 cm³/mol. The average molecular weight is 333 g/mol. The molecule has 5 heteroatoms. The Morgan fingerprint density at radius 3 is 2.62 bits per heavy atom. The molecule has 2 aliphatic heterocycles. The van der Waals surface area contributed by atoms with Crippen molar-refractivity contribution in [2.24, 2.45) is 5.92 Å². The highest BCUT2D eigenvalue weighted by atomic mass is 19.1. The molecule has 2 saturated heterocycles. The number of rotatable bonds is 5. The summed E-state index contributed by atoms with van der Waals surface area (Å²) in [5, 5.41) is 6.62. The van der Waals surface area contributed by atoms with Crippen molar-refractivity contribution in [1.29, 1.82) is 0 Å². The molecule has 4 nitrogen and oxygen atoms in total. The maximum atomic E-state index is 13.0. The fourth-order valence-corrected chi connectivity index (χ4v) is 3.95. The summed E-state index contributed by atoms with van der Waals surface area (Å²) in [5.41, 5.74) is 0.927. The van der Waals surface area contributed by atoms with Crippen molar-refractivity contribution in [2.75, 3.05) is 26.2 Å². The van der Waals surface area contributed by atoms with Gasteiger partial charge in [0.05, 0.1) is 12.6 Å². The van der Waals surface area contributed by atoms with Gasteiger partial charge in [0.15, 0.2) is 0 Å². The van der Waals surface area contributed by atoms with E-state index in [4.69, 9.17) is 0 Å². The summed E-state index contributed by atoms with van der Waals surface area (Å²) >= 11 is 0. The fourth-order valence-electron chi connectivity index (χ4n) is 3.95. The Balaban J connectivity index is 1.41. The van der Waals surface area contributed by atoms with E-state index in [2.05, 4.69) is 15.5 Å². The lowest BCUT2D eigenvalue weighted by molar-refractivity contribution is -0.123. The highest BCUT2D eigenvalue weighted by Gasteiger charge is 2.28. The summed E-state index contributed by atoms with van der Waals surface area (Å²) in [7, 11) is 0. The van der Waals surface area contributed by atoms with Crippen LogP contribution in [0, 0.1) is 11.7 Å². The smallest absolute Gasteiger partial charge is 0.234 e. The zero-order chi connectivity index (χ0) is 16.9. The fraction of sp³-hybridized carbons (Fsp3) is 0.632. The number of amides is 1. The highest BCUT2D eigenvalue weighted by Crippen LogP contribution is 2.25. The number of hydrogen-bond acceptors (Lipinski definition) is 3. The van der Waals surface area contributed by atoms with E-state index >= 15 is 0 Å². The van der Waals surface area contributed by atoms with Crippen molar-refractivity contribution in [2.45, 2.75) is 44.7 Å². The first kappa shape index (κ1) is 17.4. The van der Waals surface area contributed by atoms with Crippen LogP contribution in [-0.4, -0.2) is 43.0 Å². The Labute approximate surface area is 143 Å². The van der Waals surface area contributed by atoms with Gasteiger partial charge < -0.3 is 10.6 Å². The van der Waals surface area contributed by atoms with Gasteiger partial charge in [0.1, 0.15) is 5.82 Å². The molecule has 2 N–H and O–H groups in total. The summed E-state index contributed by atoms with van der Waals surface area (Å²) < 4.78 is 13.0. The summed E-state index contributed by atoms with van der Waals surface area (Å²) in [5.74, 6) is 0.561. The second kappa shape index (κ2) is 8.08. The van der Waals surface area contributed by atoms with Crippen LogP contribution in [0.3, 0.4) is 0 Å². The van der Waals surface area contributed by atoms with Gasteiger partial charge in [-0.1, -0.05) is 12.1 Å². The van der Waals surface area contributed by atoms with Crippen molar-refractivity contribution in [3.05, 3.63) is 35.6 Å². The second-order valence-electron chi connectivity index (χ2n) is 7.16. The first-order chi connectivity index (χ1) is 11.6. The van der Waals surface area contributed by atoms with E-state index in [-0.39, 0.29) is 17.8 Å². The maximum absolute atomic E-state index is 13.0. The third kappa shape index (κ3) is 4.54. The van der Waals surface area contributed by atoms with Crippen LogP contribution in [0.4, 0.5) is 4.39 Å². The monoisotopic (exact) mass is 333 g/mol. The van der Waals surface area contributed by atoms with Crippen LogP contribution in [0.2, 0.25) is 0 Å². The molecule has 24 heavy (non-hydrogen) atoms. The van der Waals surface area contributed by atoms with Gasteiger partial charge in [-0.15, -0.1) is 0 Å². The number of nitrogens with zero attached hydrogens (tertiary/aromatic N) is 1. The Morgan fingerprint density at radius 2 is 2.00 bits per heavy atom. The van der Waals surface area contributed by atoms with E-state index in [0.29, 0.717) is 12.6 Å². The minimum atomic E-state index is -0.253. The van der Waals surface area contributed by atoms with E-state index in [1.54, 1.807) is 12.1 Å². The largest absolute Gasteiger partial charge is 0.348 e. The standard InChI is InChI=1S/C19H28FN3O/c1-14(15-4-6-17(20)7-5-15)22-19(24)13-23-11-8-16(9-12-23)18-3-2-10-21-18/h4-7,14,16,18,21H,2-3,8-13H2,1H3,(H,22,24). The van der Waals surface area contributed by atoms with Crippen LogP contribution in [0.25, 0.3) is 0 Å². The molecule has 2 fully saturated rings. The van der Waals surface area contributed by atoms with Crippen molar-refractivity contribution in [3.8, 4) is 0 Å². The Kier molecular flexibility index (Phi) is 5.85. The molecule has 2 aliphatic rings. The number of halogens is 1. The molecule has 1 aromatic rings. The minimum absolute atomic E-state index is 0.0456. The molecule has 3 rings (SSSR count). The number of piperidine rings is 1. The van der Waals surface area contributed by atoms with Crippen molar-refractivity contribution >= 4 is 5.91 Å². The molecule has 2 heterocycles. The molecule has 1 amide bonds. The van der Waals surface area contributed by atoms with Gasteiger partial charge in [-0.2, -0.15) is 0 Å². The Hall–Kier alpha value is -1.46. The van der Waals surface area contributed by atoms with Gasteiger partial charge in [-0.05, 0) is 75.9 Å². The lowest BCUT2D eigenvalue weighted by Crippen LogP contribution is -2.45. The predicted octanol–water partition coefficient (Wildman–Crippen LogP) is 2.47. The molecule has 0 aliphatic carbocycles. The first-order valence-electron chi connectivity index (χ1n) is 9.12. The number of carbonyl (C=O) groups excluding carboxylic acids is 1. The molecule has 0 saturated carbocycles. The normalized spacial score (nSPS) is 24.0. The number of hydrogen-bond donors (Lipinski definition) is 2. The van der Waals surface area contributed by atoms with Gasteiger partial charge >= 0.3 is 0 Å². The summed E-state index contributed by atoms with van der Waals surface area (Å²) in [6.45, 7) is 5.55. The molecule has 0 radical (unpaired) electrons. The van der Waals surface area contributed by atoms with Gasteiger partial charge in [-0.25, -0.2) is 4.39 Å². The van der Waals surface area contributed by atoms with Gasteiger partial charge in [-0.3, -0.25) is 9.69 Å². The highest BCUT2D eigenvalue weighted by molar-refractivity contribution is 5.78. The zero-order valence-electron chi connectivity index (χ0n) is 14.4. The molecule has 132 valence electrons. The number of carbonyl (C=O) groups is 1. The van der Waals surface area contributed by atoms with E-state index in [9.17, 15) is 9.18 Å². The second-order valence-corrected chi connectivity index (χ2v) is 7.16. The number of likely N-dealkylation sites (tertiary alicyclic amines) is 1. The topological polar surface area (TPSA) is 44.4 Å². The number of nitrogens with one attached hydrogen (secondary N) is 2. The van der Waals surface area contributed by atoms with Crippen molar-refractivity contribution in [1.82, 2.24) is 15.5 Å². The van der Waals surface area contributed by atoms with Crippen LogP contribution in [0.1, 0.15) is 44.2 Å². The Bertz CT molecular complexity index is 534. The molecule has 0 aromatic heterocycles.